The third kappa shape index (κ3) is 3.14. The van der Waals surface area contributed by atoms with Crippen LogP contribution in [0.1, 0.15) is 35.9 Å². The first-order valence-electron chi connectivity index (χ1n) is 6.74. The molecule has 0 unspecified atom stereocenters. The van der Waals surface area contributed by atoms with Gasteiger partial charge in [-0.25, -0.2) is 4.98 Å². The number of carbonyl (C=O) groups excluding carboxylic acids is 1. The van der Waals surface area contributed by atoms with Gasteiger partial charge in [-0.3, -0.25) is 9.78 Å². The molecule has 0 saturated heterocycles. The van der Waals surface area contributed by atoms with Gasteiger partial charge in [0.25, 0.3) is 5.91 Å². The molecule has 2 heterocycles. The minimum absolute atomic E-state index is 0.159. The number of nitrogens with one attached hydrogen (secondary N) is 1. The van der Waals surface area contributed by atoms with Gasteiger partial charge in [0.2, 0.25) is 0 Å². The third-order valence-electron chi connectivity index (χ3n) is 3.09. The first kappa shape index (κ1) is 14.5. The second-order valence-corrected chi connectivity index (χ2v) is 5.41. The molecule has 0 aliphatic rings. The minimum Gasteiger partial charge on any atom is -0.349 e. The fourth-order valence-electron chi connectivity index (χ4n) is 1.86. The number of rotatable bonds is 5. The van der Waals surface area contributed by atoms with Crippen molar-refractivity contribution in [3.63, 3.8) is 0 Å². The summed E-state index contributed by atoms with van der Waals surface area (Å²) in [6.45, 7) is 5.57. The second kappa shape index (κ2) is 6.00. The molecule has 0 saturated carbocycles. The van der Waals surface area contributed by atoms with Gasteiger partial charge in [0.05, 0.1) is 17.4 Å². The van der Waals surface area contributed by atoms with E-state index in [1.54, 1.807) is 12.5 Å². The first-order chi connectivity index (χ1) is 9.49. The molecule has 0 bridgehead atoms. The predicted octanol–water partition coefficient (Wildman–Crippen LogP) is 1.14. The Bertz CT molecular complexity index is 603. The van der Waals surface area contributed by atoms with Gasteiger partial charge in [0, 0.05) is 19.3 Å². The van der Waals surface area contributed by atoms with Gasteiger partial charge in [-0.1, -0.05) is 13.8 Å². The minimum atomic E-state index is -0.159. The lowest BCUT2D eigenvalue weighted by Crippen LogP contribution is -2.31. The summed E-state index contributed by atoms with van der Waals surface area (Å²) in [5.41, 5.74) is 2.14. The molecule has 20 heavy (non-hydrogen) atoms. The third-order valence-corrected chi connectivity index (χ3v) is 3.09. The van der Waals surface area contributed by atoms with Crippen LogP contribution in [0.2, 0.25) is 0 Å². The van der Waals surface area contributed by atoms with E-state index < -0.39 is 0 Å². The zero-order valence-corrected chi connectivity index (χ0v) is 12.4. The van der Waals surface area contributed by atoms with E-state index in [9.17, 15) is 4.79 Å². The number of nitrogens with zero attached hydrogens (tertiary/aromatic N) is 4. The molecule has 108 valence electrons. The van der Waals surface area contributed by atoms with Gasteiger partial charge in [-0.2, -0.15) is 0 Å². The van der Waals surface area contributed by atoms with Crippen LogP contribution in [0, 0.1) is 0 Å². The van der Waals surface area contributed by atoms with E-state index in [0.29, 0.717) is 18.2 Å². The van der Waals surface area contributed by atoms with E-state index in [1.807, 2.05) is 29.6 Å². The van der Waals surface area contributed by atoms with Crippen LogP contribution in [0.15, 0.2) is 18.7 Å². The molecule has 2 rings (SSSR count). The number of hydrogen-bond acceptors (Lipinski definition) is 4. The molecule has 0 spiro atoms. The summed E-state index contributed by atoms with van der Waals surface area (Å²) in [6, 6.07) is 0. The molecule has 0 aromatic carbocycles. The molecule has 6 nitrogen and oxygen atoms in total. The number of likely N-dealkylation sites (N-methyl/N-ethyl adjacent to an activating group) is 1. The highest BCUT2D eigenvalue weighted by molar-refractivity contribution is 5.98. The van der Waals surface area contributed by atoms with Crippen molar-refractivity contribution in [2.24, 2.45) is 0 Å². The molecule has 2 aromatic heterocycles. The molecule has 6 heteroatoms. The maximum atomic E-state index is 12.1. The van der Waals surface area contributed by atoms with Crippen LogP contribution >= 0.6 is 0 Å². The Labute approximate surface area is 118 Å². The van der Waals surface area contributed by atoms with E-state index in [4.69, 9.17) is 0 Å². The molecular formula is C14H21N5O. The fraction of sp³-hybridized carbons (Fsp3) is 0.500. The number of amides is 1. The van der Waals surface area contributed by atoms with Gasteiger partial charge >= 0.3 is 0 Å². The number of carbonyl (C=O) groups is 1. The average Bonchev–Trinajstić information content (AvgIpc) is 2.80. The average molecular weight is 275 g/mol. The Hall–Kier alpha value is -1.95. The van der Waals surface area contributed by atoms with Crippen molar-refractivity contribution in [1.29, 1.82) is 0 Å². The molecule has 0 aliphatic carbocycles. The van der Waals surface area contributed by atoms with Gasteiger partial charge < -0.3 is 14.6 Å². The Morgan fingerprint density at radius 1 is 1.40 bits per heavy atom. The van der Waals surface area contributed by atoms with Crippen molar-refractivity contribution < 1.29 is 4.79 Å². The van der Waals surface area contributed by atoms with Crippen molar-refractivity contribution in [2.45, 2.75) is 19.8 Å². The van der Waals surface area contributed by atoms with Crippen LogP contribution in [-0.4, -0.2) is 52.4 Å². The predicted molar refractivity (Wildman–Crippen MR) is 78.0 cm³/mol. The second-order valence-electron chi connectivity index (χ2n) is 5.41. The smallest absolute Gasteiger partial charge is 0.272 e. The molecule has 0 atom stereocenters. The van der Waals surface area contributed by atoms with Crippen LogP contribution in [0.5, 0.6) is 0 Å². The molecule has 0 radical (unpaired) electrons. The van der Waals surface area contributed by atoms with Crippen molar-refractivity contribution in [3.8, 4) is 0 Å². The summed E-state index contributed by atoms with van der Waals surface area (Å²) in [5.74, 6) is 0.188. The molecule has 0 fully saturated rings. The van der Waals surface area contributed by atoms with Crippen LogP contribution in [0.4, 0.5) is 0 Å². The SMILES string of the molecule is CC(C)c1cn2cnc(C(=O)NCCN(C)C)c2cn1. The summed E-state index contributed by atoms with van der Waals surface area (Å²) in [4.78, 5) is 22.7. The van der Waals surface area contributed by atoms with Crippen LogP contribution in [-0.2, 0) is 0 Å². The zero-order valence-electron chi connectivity index (χ0n) is 12.4. The number of aromatic nitrogens is 3. The largest absolute Gasteiger partial charge is 0.349 e. The Morgan fingerprint density at radius 3 is 2.80 bits per heavy atom. The first-order valence-corrected chi connectivity index (χ1v) is 6.74. The quantitative estimate of drug-likeness (QED) is 0.889. The highest BCUT2D eigenvalue weighted by Crippen LogP contribution is 2.14. The standard InChI is InChI=1S/C14H21N5O/c1-10(2)11-8-19-9-17-13(12(19)7-16-11)14(20)15-5-6-18(3)4/h7-10H,5-6H2,1-4H3,(H,15,20). The van der Waals surface area contributed by atoms with Gasteiger partial charge in [0.1, 0.15) is 6.33 Å². The summed E-state index contributed by atoms with van der Waals surface area (Å²) >= 11 is 0. The lowest BCUT2D eigenvalue weighted by atomic mass is 10.1. The maximum absolute atomic E-state index is 12.1. The lowest BCUT2D eigenvalue weighted by Gasteiger charge is -2.09. The van der Waals surface area contributed by atoms with E-state index in [2.05, 4.69) is 29.1 Å². The number of hydrogen-bond donors (Lipinski definition) is 1. The monoisotopic (exact) mass is 275 g/mol. The summed E-state index contributed by atoms with van der Waals surface area (Å²) < 4.78 is 1.85. The van der Waals surface area contributed by atoms with Crippen LogP contribution in [0.3, 0.4) is 0 Å². The lowest BCUT2D eigenvalue weighted by molar-refractivity contribution is 0.0948. The normalized spacial score (nSPS) is 11.5. The number of imidazole rings is 1. The van der Waals surface area contributed by atoms with Gasteiger partial charge in [-0.05, 0) is 20.0 Å². The van der Waals surface area contributed by atoms with E-state index >= 15 is 0 Å². The van der Waals surface area contributed by atoms with E-state index in [0.717, 1.165) is 17.8 Å². The topological polar surface area (TPSA) is 62.5 Å². The fourth-order valence-corrected chi connectivity index (χ4v) is 1.86. The van der Waals surface area contributed by atoms with Gasteiger partial charge in [-0.15, -0.1) is 0 Å². The van der Waals surface area contributed by atoms with Gasteiger partial charge in [0.15, 0.2) is 5.69 Å². The van der Waals surface area contributed by atoms with Crippen LogP contribution in [0.25, 0.3) is 5.52 Å². The van der Waals surface area contributed by atoms with Crippen molar-refractivity contribution in [2.75, 3.05) is 27.2 Å². The Balaban J connectivity index is 2.16. The molecule has 0 aliphatic heterocycles. The molecule has 1 amide bonds. The van der Waals surface area contributed by atoms with Crippen molar-refractivity contribution in [1.82, 2.24) is 24.6 Å². The Morgan fingerprint density at radius 2 is 2.15 bits per heavy atom. The Kier molecular flexibility index (Phi) is 4.34. The summed E-state index contributed by atoms with van der Waals surface area (Å²) in [5, 5.41) is 2.86. The number of fused-ring (bicyclic) bond motifs is 1. The summed E-state index contributed by atoms with van der Waals surface area (Å²) in [6.07, 6.45) is 5.29. The summed E-state index contributed by atoms with van der Waals surface area (Å²) in [7, 11) is 3.94. The van der Waals surface area contributed by atoms with E-state index in [1.165, 1.54) is 0 Å². The van der Waals surface area contributed by atoms with Crippen molar-refractivity contribution in [3.05, 3.63) is 30.1 Å². The van der Waals surface area contributed by atoms with E-state index in [-0.39, 0.29) is 5.91 Å². The maximum Gasteiger partial charge on any atom is 0.272 e. The molecular weight excluding hydrogens is 254 g/mol. The van der Waals surface area contributed by atoms with Crippen LogP contribution < -0.4 is 5.32 Å². The zero-order chi connectivity index (χ0) is 14.7. The molecule has 2 aromatic rings. The molecule has 1 N–H and O–H groups in total. The highest BCUT2D eigenvalue weighted by Gasteiger charge is 2.14. The highest BCUT2D eigenvalue weighted by atomic mass is 16.1. The van der Waals surface area contributed by atoms with Crippen molar-refractivity contribution >= 4 is 11.4 Å².